The third kappa shape index (κ3) is 25.8. The van der Waals surface area contributed by atoms with Crippen molar-refractivity contribution in [1.29, 1.82) is 0 Å². The van der Waals surface area contributed by atoms with Crippen LogP contribution in [0.4, 0.5) is 0 Å². The number of likely N-dealkylation sites (tertiary alicyclic amines) is 4. The number of amides is 4. The second-order valence-electron chi connectivity index (χ2n) is 37.3. The molecule has 0 bridgehead atoms. The van der Waals surface area contributed by atoms with Crippen LogP contribution in [-0.4, -0.2) is 202 Å². The number of hydrogen-bond acceptors (Lipinski definition) is 24. The monoisotopic (exact) mass is 1910 g/mol. The minimum Gasteiger partial charge on any atom is -0.391 e. The third-order valence-electron chi connectivity index (χ3n) is 26.1. The van der Waals surface area contributed by atoms with Crippen molar-refractivity contribution in [3.05, 3.63) is 284 Å². The fraction of sp³-hybridized carbons (Fsp3) is 0.407. The maximum absolute atomic E-state index is 13.6. The average molecular weight is 1910 g/mol. The Balaban J connectivity index is 0.000000153. The van der Waals surface area contributed by atoms with Crippen LogP contribution >= 0.6 is 45.3 Å². The molecule has 12 aromatic rings. The van der Waals surface area contributed by atoms with Crippen LogP contribution in [0, 0.1) is 51.4 Å². The molecule has 712 valence electrons. The summed E-state index contributed by atoms with van der Waals surface area (Å²) in [6.45, 7) is 24.7. The van der Waals surface area contributed by atoms with E-state index in [1.807, 2.05) is 202 Å². The average Bonchev–Trinajstić information content (AvgIpc) is 1.63. The van der Waals surface area contributed by atoms with Gasteiger partial charge in [-0.1, -0.05) is 195 Å². The van der Waals surface area contributed by atoms with E-state index in [0.717, 1.165) is 97.9 Å². The number of ketones is 4. The van der Waals surface area contributed by atoms with Crippen molar-refractivity contribution in [2.45, 2.75) is 232 Å². The molecule has 28 heteroatoms. The maximum Gasteiger partial charge on any atom is 0.232 e. The number of carbonyl (C=O) groups excluding carboxylic acids is 8. The van der Waals surface area contributed by atoms with Gasteiger partial charge in [0.25, 0.3) is 0 Å². The van der Waals surface area contributed by atoms with Crippen molar-refractivity contribution in [3.63, 3.8) is 0 Å². The highest BCUT2D eigenvalue weighted by Crippen LogP contribution is 2.39. The number of aryl methyl sites for hydroxylation is 8. The molecule has 4 aliphatic heterocycles. The molecule has 7 aromatic heterocycles. The van der Waals surface area contributed by atoms with E-state index in [-0.39, 0.29) is 109 Å². The molecule has 11 heterocycles. The Morgan fingerprint density at radius 2 is 0.610 bits per heavy atom. The predicted octanol–water partition coefficient (Wildman–Crippen LogP) is 17.7. The molecule has 0 unspecified atom stereocenters. The zero-order chi connectivity index (χ0) is 97.0. The Morgan fingerprint density at radius 1 is 0.324 bits per heavy atom. The summed E-state index contributed by atoms with van der Waals surface area (Å²) in [4.78, 5) is 144. The van der Waals surface area contributed by atoms with E-state index < -0.39 is 66.3 Å². The number of aliphatic hydroxyl groups is 4. The lowest BCUT2D eigenvalue weighted by Crippen LogP contribution is -2.44. The van der Waals surface area contributed by atoms with Crippen molar-refractivity contribution in [2.75, 3.05) is 26.2 Å². The number of rotatable bonds is 32. The summed E-state index contributed by atoms with van der Waals surface area (Å²) in [5.74, 6) is -2.01. The summed E-state index contributed by atoms with van der Waals surface area (Å²) in [7, 11) is 0. The second kappa shape index (κ2) is 47.9. The van der Waals surface area contributed by atoms with Gasteiger partial charge >= 0.3 is 0 Å². The first kappa shape index (κ1) is 102. The van der Waals surface area contributed by atoms with Gasteiger partial charge in [-0.05, 0) is 163 Å². The third-order valence-corrected chi connectivity index (χ3v) is 30.0. The fourth-order valence-electron chi connectivity index (χ4n) is 18.9. The molecule has 4 fully saturated rings. The van der Waals surface area contributed by atoms with Gasteiger partial charge in [0, 0.05) is 102 Å². The van der Waals surface area contributed by atoms with Gasteiger partial charge in [0.2, 0.25) is 23.6 Å². The first-order chi connectivity index (χ1) is 65.4. The summed E-state index contributed by atoms with van der Waals surface area (Å²) in [6, 6.07) is 53.1. The van der Waals surface area contributed by atoms with Crippen LogP contribution in [0.25, 0.3) is 41.8 Å². The van der Waals surface area contributed by atoms with E-state index in [9.17, 15) is 58.8 Å². The normalized spacial score (nSPS) is 18.9. The quantitative estimate of drug-likeness (QED) is 0.0304. The van der Waals surface area contributed by atoms with Crippen LogP contribution in [0.5, 0.6) is 0 Å². The second-order valence-corrected chi connectivity index (χ2v) is 40.7. The van der Waals surface area contributed by atoms with Gasteiger partial charge in [-0.2, -0.15) is 10.2 Å². The van der Waals surface area contributed by atoms with Crippen molar-refractivity contribution >= 4 is 92.1 Å². The number of hydrogen-bond donors (Lipinski definition) is 4. The molecule has 5 aromatic carbocycles. The van der Waals surface area contributed by atoms with E-state index >= 15 is 0 Å². The molecule has 0 saturated carbocycles. The highest BCUT2D eigenvalue weighted by molar-refractivity contribution is 7.14. The highest BCUT2D eigenvalue weighted by Gasteiger charge is 2.47. The smallest absolute Gasteiger partial charge is 0.232 e. The standard InChI is InChI=1S/C28H32N2O3S.2C27H31N3O3S.C26H30N4O3S/c1-18(2)26(21-7-5-4-6-8-21)28(33)30-16-23(31)15-24(30)25(32)14-11-20-9-12-22(13-10-20)27-19(3)29-17-34-27;1-17(2)25(21-5-4-12-28-14-21)27(33)30-15-22(31)13-23(30)24(32)11-8-19-6-9-20(10-7-19)26-18(3)29-16-34-26;1-17(2)25(22-6-4-5-13-28-22)27(33)30-15-21(31)14-23(30)24(32)12-9-19-7-10-20(11-8-19)26-18(3)29-16-34-26;1-16(2)24(21-5-4-12-28-29-21)26(33)30-14-20(31)13-22(30)23(32)11-8-18-6-9-19(10-7-18)25-17(3)27-15-34-25/h4-10,12-13,17-18,23-24,26,31H,11,14-16H2,1-3H3;4-7,9-10,12,14,16-17,22-23,25,31H,8,11,13,15H2,1-3H3;4-8,10-11,13,16-17,21,23,25,31H,9,12,14-15H2,1-3H3;4-7,9-10,12,15-16,20,22,24,31H,8,11,13-14H2,1-3H3/t23-,24+,26-;22-,23+,25-;21-,23+,25-;20-,22+,24-/m1111/s1. The minimum atomic E-state index is -0.700. The molecule has 4 aliphatic rings. The van der Waals surface area contributed by atoms with Crippen LogP contribution in [0.1, 0.15) is 198 Å². The number of carbonyl (C=O) groups is 8. The van der Waals surface area contributed by atoms with Gasteiger partial charge in [0.1, 0.15) is 0 Å². The number of nitrogens with zero attached hydrogens (tertiary/aromatic N) is 12. The van der Waals surface area contributed by atoms with Gasteiger partial charge in [-0.15, -0.1) is 45.3 Å². The number of aliphatic hydroxyl groups excluding tert-OH is 4. The summed E-state index contributed by atoms with van der Waals surface area (Å²) >= 11 is 6.47. The van der Waals surface area contributed by atoms with E-state index in [1.165, 1.54) is 0 Å². The predicted molar refractivity (Wildman–Crippen MR) is 534 cm³/mol. The number of β-amino-alcohol motifs (C(OH)–C–C–N with tert-alkyl or cyclic N) is 4. The van der Waals surface area contributed by atoms with Gasteiger partial charge in [-0.3, -0.25) is 48.3 Å². The molecule has 0 spiro atoms. The molecule has 4 amide bonds. The lowest BCUT2D eigenvalue weighted by molar-refractivity contribution is -0.140. The Hall–Kier alpha value is -11.6. The van der Waals surface area contributed by atoms with Crippen LogP contribution in [0.3, 0.4) is 0 Å². The van der Waals surface area contributed by atoms with Gasteiger partial charge in [-0.25, -0.2) is 19.9 Å². The van der Waals surface area contributed by atoms with Crippen LogP contribution in [-0.2, 0) is 64.0 Å². The molecule has 4 saturated heterocycles. The van der Waals surface area contributed by atoms with Crippen molar-refractivity contribution in [1.82, 2.24) is 59.7 Å². The van der Waals surface area contributed by atoms with Crippen LogP contribution in [0.2, 0.25) is 0 Å². The lowest BCUT2D eigenvalue weighted by atomic mass is 9.87. The molecule has 12 atom stereocenters. The zero-order valence-electron chi connectivity index (χ0n) is 79.4. The van der Waals surface area contributed by atoms with Gasteiger partial charge < -0.3 is 40.0 Å². The van der Waals surface area contributed by atoms with E-state index in [0.29, 0.717) is 82.0 Å². The molecule has 4 N–H and O–H groups in total. The molecular formula is C108H124N12O12S4. The summed E-state index contributed by atoms with van der Waals surface area (Å²) in [6.07, 6.45) is 8.83. The molecule has 16 rings (SSSR count). The van der Waals surface area contributed by atoms with Crippen LogP contribution in [0.15, 0.2) is 217 Å². The number of thiazole rings is 4. The van der Waals surface area contributed by atoms with E-state index in [1.54, 1.807) is 102 Å². The Labute approximate surface area is 813 Å². The molecule has 136 heavy (non-hydrogen) atoms. The Kier molecular flexibility index (Phi) is 35.9. The first-order valence-electron chi connectivity index (χ1n) is 47.1. The summed E-state index contributed by atoms with van der Waals surface area (Å²) in [5.41, 5.74) is 23.3. The van der Waals surface area contributed by atoms with Gasteiger partial charge in [0.15, 0.2) is 23.1 Å². The molecule has 24 nitrogen and oxygen atoms in total. The van der Waals surface area contributed by atoms with E-state index in [2.05, 4.69) is 101 Å². The number of benzene rings is 5. The zero-order valence-corrected chi connectivity index (χ0v) is 82.7. The van der Waals surface area contributed by atoms with Gasteiger partial charge in [0.05, 0.1) is 148 Å². The molecule has 0 radical (unpaired) electrons. The number of Topliss-reactive ketones (excluding diaryl/α,β-unsaturated/α-hetero) is 4. The van der Waals surface area contributed by atoms with E-state index in [4.69, 9.17) is 0 Å². The maximum atomic E-state index is 13.6. The molecule has 0 aliphatic carbocycles. The lowest BCUT2D eigenvalue weighted by Gasteiger charge is -2.30. The number of aromatic nitrogens is 8. The Bertz CT molecular complexity index is 5240. The minimum absolute atomic E-state index is 0.000899. The summed E-state index contributed by atoms with van der Waals surface area (Å²) in [5, 5.41) is 49.3. The molecular weight excluding hydrogens is 1790 g/mol. The highest BCUT2D eigenvalue weighted by atomic mass is 32.1. The van der Waals surface area contributed by atoms with Crippen LogP contribution < -0.4 is 0 Å². The van der Waals surface area contributed by atoms with Crippen molar-refractivity contribution < 1.29 is 58.8 Å². The van der Waals surface area contributed by atoms with Crippen molar-refractivity contribution in [3.8, 4) is 41.8 Å². The topological polar surface area (TPSA) is 334 Å². The first-order valence-corrected chi connectivity index (χ1v) is 50.6. The number of pyridine rings is 2. The Morgan fingerprint density at radius 3 is 0.882 bits per heavy atom. The largest absolute Gasteiger partial charge is 0.391 e. The summed E-state index contributed by atoms with van der Waals surface area (Å²) < 4.78 is 0. The SMILES string of the molecule is Cc1ncsc1-c1ccc(CCC(=O)[C@@H]2C[C@@H](O)CN2C(=O)[C@@H](c2ccccc2)C(C)C)cc1.Cc1ncsc1-c1ccc(CCC(=O)[C@@H]2C[C@@H](O)CN2C(=O)[C@@H](c2ccccn2)C(C)C)cc1.Cc1ncsc1-c1ccc(CCC(=O)[C@@H]2C[C@@H](O)CN2C(=O)[C@@H](c2cccnc2)C(C)C)cc1.Cc1ncsc1-c1ccc(CCC(=O)[C@@H]2C[C@@H](O)CN2C(=O)[C@@H](c2cccnn2)C(C)C)cc1. The van der Waals surface area contributed by atoms with Crippen molar-refractivity contribution in [2.24, 2.45) is 23.7 Å². The fourth-order valence-corrected chi connectivity index (χ4v) is 22.1.